The first-order chi connectivity index (χ1) is 12.1. The molecule has 3 aliphatic rings. The SMILES string of the molecule is CC(=O)N1CCC(C(=O)N2C[C@@H]3CCC[C@H]3C2)(c2ccccc2)CC1. The Morgan fingerprint density at radius 3 is 2.12 bits per heavy atom. The van der Waals surface area contributed by atoms with Crippen LogP contribution < -0.4 is 0 Å². The summed E-state index contributed by atoms with van der Waals surface area (Å²) in [4.78, 5) is 29.4. The van der Waals surface area contributed by atoms with Gasteiger partial charge in [0.2, 0.25) is 11.8 Å². The largest absolute Gasteiger partial charge is 0.343 e. The first-order valence-electron chi connectivity index (χ1n) is 9.70. The minimum Gasteiger partial charge on any atom is -0.343 e. The summed E-state index contributed by atoms with van der Waals surface area (Å²) in [5.74, 6) is 1.85. The van der Waals surface area contributed by atoms with Crippen molar-refractivity contribution in [2.75, 3.05) is 26.2 Å². The average Bonchev–Trinajstić information content (AvgIpc) is 3.24. The van der Waals surface area contributed by atoms with Gasteiger partial charge in [0, 0.05) is 33.1 Å². The Morgan fingerprint density at radius 2 is 1.56 bits per heavy atom. The zero-order valence-electron chi connectivity index (χ0n) is 15.1. The normalized spacial score (nSPS) is 28.0. The van der Waals surface area contributed by atoms with E-state index in [1.165, 1.54) is 19.3 Å². The minimum atomic E-state index is -0.453. The molecule has 0 radical (unpaired) electrons. The van der Waals surface area contributed by atoms with Crippen LogP contribution in [0.2, 0.25) is 0 Å². The van der Waals surface area contributed by atoms with E-state index in [1.54, 1.807) is 6.92 Å². The Kier molecular flexibility index (Phi) is 4.30. The van der Waals surface area contributed by atoms with Gasteiger partial charge >= 0.3 is 0 Å². The lowest BCUT2D eigenvalue weighted by Gasteiger charge is -2.43. The molecule has 4 rings (SSSR count). The van der Waals surface area contributed by atoms with Crippen LogP contribution in [0.4, 0.5) is 0 Å². The van der Waals surface area contributed by atoms with Gasteiger partial charge in [-0.25, -0.2) is 0 Å². The van der Waals surface area contributed by atoms with Crippen molar-refractivity contribution in [2.24, 2.45) is 11.8 Å². The molecular weight excluding hydrogens is 312 g/mol. The lowest BCUT2D eigenvalue weighted by Crippen LogP contribution is -2.53. The fourth-order valence-electron chi connectivity index (χ4n) is 5.29. The second-order valence-electron chi connectivity index (χ2n) is 8.12. The molecule has 3 fully saturated rings. The highest BCUT2D eigenvalue weighted by Gasteiger charge is 2.48. The molecule has 1 saturated carbocycles. The van der Waals surface area contributed by atoms with E-state index in [4.69, 9.17) is 0 Å². The Morgan fingerprint density at radius 1 is 0.960 bits per heavy atom. The van der Waals surface area contributed by atoms with Crippen molar-refractivity contribution in [3.8, 4) is 0 Å². The van der Waals surface area contributed by atoms with Gasteiger partial charge in [0.05, 0.1) is 5.41 Å². The molecule has 1 aliphatic carbocycles. The van der Waals surface area contributed by atoms with Crippen molar-refractivity contribution in [2.45, 2.75) is 44.4 Å². The monoisotopic (exact) mass is 340 g/mol. The summed E-state index contributed by atoms with van der Waals surface area (Å²) in [5.41, 5.74) is 0.673. The second-order valence-corrected chi connectivity index (χ2v) is 8.12. The maximum Gasteiger partial charge on any atom is 0.233 e. The molecule has 1 aromatic rings. The summed E-state index contributed by atoms with van der Waals surface area (Å²) in [6.45, 7) is 4.86. The Bertz CT molecular complexity index is 637. The quantitative estimate of drug-likeness (QED) is 0.831. The van der Waals surface area contributed by atoms with Gasteiger partial charge in [0.15, 0.2) is 0 Å². The topological polar surface area (TPSA) is 40.6 Å². The molecule has 4 heteroatoms. The van der Waals surface area contributed by atoms with Crippen LogP contribution in [0.25, 0.3) is 0 Å². The van der Waals surface area contributed by atoms with Gasteiger partial charge in [0.1, 0.15) is 0 Å². The molecule has 0 unspecified atom stereocenters. The van der Waals surface area contributed by atoms with Crippen LogP contribution in [0.1, 0.15) is 44.6 Å². The van der Waals surface area contributed by atoms with Crippen LogP contribution in [0.5, 0.6) is 0 Å². The summed E-state index contributed by atoms with van der Waals surface area (Å²) in [5, 5.41) is 0. The van der Waals surface area contributed by atoms with Gasteiger partial charge in [0.25, 0.3) is 0 Å². The number of likely N-dealkylation sites (tertiary alicyclic amines) is 2. The molecule has 2 aliphatic heterocycles. The number of amides is 2. The van der Waals surface area contributed by atoms with E-state index in [9.17, 15) is 9.59 Å². The highest BCUT2D eigenvalue weighted by Crippen LogP contribution is 2.42. The number of rotatable bonds is 2. The van der Waals surface area contributed by atoms with Gasteiger partial charge in [-0.2, -0.15) is 0 Å². The fourth-order valence-corrected chi connectivity index (χ4v) is 5.29. The van der Waals surface area contributed by atoms with Crippen LogP contribution >= 0.6 is 0 Å². The number of carbonyl (C=O) groups is 2. The third kappa shape index (κ3) is 2.86. The predicted molar refractivity (Wildman–Crippen MR) is 97.0 cm³/mol. The minimum absolute atomic E-state index is 0.116. The average molecular weight is 340 g/mol. The predicted octanol–water partition coefficient (Wildman–Crippen LogP) is 2.83. The zero-order chi connectivity index (χ0) is 17.4. The number of nitrogens with zero attached hydrogens (tertiary/aromatic N) is 2. The van der Waals surface area contributed by atoms with Crippen molar-refractivity contribution in [3.05, 3.63) is 35.9 Å². The fraction of sp³-hybridized carbons (Fsp3) is 0.619. The van der Waals surface area contributed by atoms with Crippen molar-refractivity contribution < 1.29 is 9.59 Å². The van der Waals surface area contributed by atoms with Gasteiger partial charge in [-0.05, 0) is 43.1 Å². The summed E-state index contributed by atoms with van der Waals surface area (Å²) < 4.78 is 0. The highest BCUT2D eigenvalue weighted by molar-refractivity contribution is 5.89. The molecule has 4 nitrogen and oxygen atoms in total. The number of hydrogen-bond donors (Lipinski definition) is 0. The molecule has 0 aromatic heterocycles. The van der Waals surface area contributed by atoms with Crippen LogP contribution in [0.3, 0.4) is 0 Å². The lowest BCUT2D eigenvalue weighted by atomic mass is 9.71. The number of fused-ring (bicyclic) bond motifs is 1. The maximum absolute atomic E-state index is 13.7. The molecule has 0 N–H and O–H groups in total. The van der Waals surface area contributed by atoms with E-state index in [0.29, 0.717) is 30.8 Å². The maximum atomic E-state index is 13.7. The van der Waals surface area contributed by atoms with Crippen LogP contribution in [0, 0.1) is 11.8 Å². The van der Waals surface area contributed by atoms with E-state index in [0.717, 1.165) is 31.5 Å². The molecule has 2 heterocycles. The first kappa shape index (κ1) is 16.6. The summed E-state index contributed by atoms with van der Waals surface area (Å²) in [6.07, 6.45) is 5.37. The zero-order valence-corrected chi connectivity index (χ0v) is 15.1. The Labute approximate surface area is 150 Å². The van der Waals surface area contributed by atoms with Crippen LogP contribution in [-0.4, -0.2) is 47.8 Å². The summed E-state index contributed by atoms with van der Waals surface area (Å²) >= 11 is 0. The Balaban J connectivity index is 1.60. The lowest BCUT2D eigenvalue weighted by molar-refractivity contribution is -0.141. The molecule has 1 aromatic carbocycles. The highest BCUT2D eigenvalue weighted by atomic mass is 16.2. The van der Waals surface area contributed by atoms with Gasteiger partial charge in [-0.1, -0.05) is 36.8 Å². The van der Waals surface area contributed by atoms with E-state index >= 15 is 0 Å². The molecule has 134 valence electrons. The molecule has 0 spiro atoms. The standard InChI is InChI=1S/C21H28N2O2/c1-16(24)22-12-10-21(11-13-22,19-8-3-2-4-9-19)20(25)23-14-17-6-5-7-18(17)15-23/h2-4,8-9,17-18H,5-7,10-15H2,1H3/t17-,18-/m0/s1. The molecular formula is C21H28N2O2. The molecule has 0 bridgehead atoms. The molecule has 2 atom stereocenters. The number of hydrogen-bond acceptors (Lipinski definition) is 2. The van der Waals surface area contributed by atoms with E-state index in [1.807, 2.05) is 23.1 Å². The second kappa shape index (κ2) is 6.47. The first-order valence-corrected chi connectivity index (χ1v) is 9.70. The number of benzene rings is 1. The van der Waals surface area contributed by atoms with Gasteiger partial charge in [-0.3, -0.25) is 9.59 Å². The Hall–Kier alpha value is -1.84. The van der Waals surface area contributed by atoms with Crippen LogP contribution in [0.15, 0.2) is 30.3 Å². The van der Waals surface area contributed by atoms with Crippen molar-refractivity contribution in [1.29, 1.82) is 0 Å². The smallest absolute Gasteiger partial charge is 0.233 e. The van der Waals surface area contributed by atoms with E-state index in [2.05, 4.69) is 17.0 Å². The summed E-state index contributed by atoms with van der Waals surface area (Å²) in [7, 11) is 0. The van der Waals surface area contributed by atoms with Gasteiger partial charge in [-0.15, -0.1) is 0 Å². The third-order valence-electron chi connectivity index (χ3n) is 6.81. The molecule has 2 saturated heterocycles. The molecule has 25 heavy (non-hydrogen) atoms. The summed E-state index contributed by atoms with van der Waals surface area (Å²) in [6, 6.07) is 10.3. The van der Waals surface area contributed by atoms with E-state index < -0.39 is 5.41 Å². The van der Waals surface area contributed by atoms with Crippen molar-refractivity contribution >= 4 is 11.8 Å². The van der Waals surface area contributed by atoms with Crippen molar-refractivity contribution in [1.82, 2.24) is 9.80 Å². The van der Waals surface area contributed by atoms with Crippen LogP contribution in [-0.2, 0) is 15.0 Å². The number of piperidine rings is 1. The van der Waals surface area contributed by atoms with E-state index in [-0.39, 0.29) is 5.91 Å². The number of carbonyl (C=O) groups excluding carboxylic acids is 2. The van der Waals surface area contributed by atoms with Gasteiger partial charge < -0.3 is 9.80 Å². The third-order valence-corrected chi connectivity index (χ3v) is 6.81. The molecule has 2 amide bonds. The van der Waals surface area contributed by atoms with Crippen molar-refractivity contribution in [3.63, 3.8) is 0 Å².